The summed E-state index contributed by atoms with van der Waals surface area (Å²) in [5.41, 5.74) is 1.72. The lowest BCUT2D eigenvalue weighted by Gasteiger charge is -2.15. The molecule has 2 aromatic rings. The minimum atomic E-state index is -0.447. The van der Waals surface area contributed by atoms with Crippen molar-refractivity contribution in [2.45, 2.75) is 6.04 Å². The van der Waals surface area contributed by atoms with Crippen molar-refractivity contribution < 1.29 is 9.47 Å². The van der Waals surface area contributed by atoms with Crippen LogP contribution in [-0.2, 0) is 0 Å². The predicted octanol–water partition coefficient (Wildman–Crippen LogP) is 3.38. The van der Waals surface area contributed by atoms with Crippen LogP contribution in [0.25, 0.3) is 0 Å². The molecule has 0 spiro atoms. The molecule has 0 bridgehead atoms. The standard InChI is InChI=1S/C16H16N2O2/c1-19-15-9-8-12(10-16(15)20-2)14(11-17)18-13-6-4-3-5-7-13/h3-10,14,18H,1-2H3/t14-/m0/s1. The second-order valence-corrected chi connectivity index (χ2v) is 4.19. The first-order chi connectivity index (χ1) is 9.78. The van der Waals surface area contributed by atoms with E-state index in [1.54, 1.807) is 20.3 Å². The largest absolute Gasteiger partial charge is 0.493 e. The van der Waals surface area contributed by atoms with Crippen LogP contribution in [0.4, 0.5) is 5.69 Å². The third-order valence-corrected chi connectivity index (χ3v) is 2.95. The molecule has 0 heterocycles. The molecule has 0 saturated carbocycles. The van der Waals surface area contributed by atoms with Crippen molar-refractivity contribution in [3.05, 3.63) is 54.1 Å². The van der Waals surface area contributed by atoms with Crippen molar-refractivity contribution in [1.82, 2.24) is 0 Å². The summed E-state index contributed by atoms with van der Waals surface area (Å²) in [6.07, 6.45) is 0. The molecule has 2 rings (SSSR count). The molecule has 1 N–H and O–H groups in total. The number of para-hydroxylation sites is 1. The van der Waals surface area contributed by atoms with Crippen LogP contribution in [0, 0.1) is 11.3 Å². The minimum Gasteiger partial charge on any atom is -0.493 e. The number of methoxy groups -OCH3 is 2. The summed E-state index contributed by atoms with van der Waals surface area (Å²) in [6.45, 7) is 0. The van der Waals surface area contributed by atoms with Gasteiger partial charge in [0.2, 0.25) is 0 Å². The zero-order valence-corrected chi connectivity index (χ0v) is 11.5. The van der Waals surface area contributed by atoms with Crippen LogP contribution in [-0.4, -0.2) is 14.2 Å². The van der Waals surface area contributed by atoms with Crippen LogP contribution >= 0.6 is 0 Å². The highest BCUT2D eigenvalue weighted by atomic mass is 16.5. The van der Waals surface area contributed by atoms with E-state index >= 15 is 0 Å². The van der Waals surface area contributed by atoms with Crippen LogP contribution < -0.4 is 14.8 Å². The van der Waals surface area contributed by atoms with Gasteiger partial charge < -0.3 is 14.8 Å². The zero-order valence-electron chi connectivity index (χ0n) is 11.5. The van der Waals surface area contributed by atoms with E-state index in [9.17, 15) is 5.26 Å². The van der Waals surface area contributed by atoms with Gasteiger partial charge >= 0.3 is 0 Å². The Hall–Kier alpha value is -2.67. The summed E-state index contributed by atoms with van der Waals surface area (Å²) >= 11 is 0. The van der Waals surface area contributed by atoms with Gasteiger partial charge in [-0.15, -0.1) is 0 Å². The zero-order chi connectivity index (χ0) is 14.4. The first-order valence-electron chi connectivity index (χ1n) is 6.21. The molecule has 0 saturated heterocycles. The fourth-order valence-electron chi connectivity index (χ4n) is 1.92. The SMILES string of the molecule is COc1ccc([C@H](C#N)Nc2ccccc2)cc1OC. The van der Waals surface area contributed by atoms with Crippen LogP contribution in [0.2, 0.25) is 0 Å². The lowest BCUT2D eigenvalue weighted by atomic mass is 10.1. The number of ether oxygens (including phenoxy) is 2. The average Bonchev–Trinajstić information content (AvgIpc) is 2.53. The molecule has 0 aromatic heterocycles. The molecular formula is C16H16N2O2. The van der Waals surface area contributed by atoms with Gasteiger partial charge in [0, 0.05) is 5.69 Å². The van der Waals surface area contributed by atoms with Gasteiger partial charge in [0.1, 0.15) is 6.04 Å². The third kappa shape index (κ3) is 3.01. The number of nitrogens with one attached hydrogen (secondary N) is 1. The smallest absolute Gasteiger partial charge is 0.161 e. The first kappa shape index (κ1) is 13.8. The van der Waals surface area contributed by atoms with Gasteiger partial charge in [0.15, 0.2) is 11.5 Å². The van der Waals surface area contributed by atoms with Crippen LogP contribution in [0.1, 0.15) is 11.6 Å². The minimum absolute atomic E-state index is 0.447. The van der Waals surface area contributed by atoms with Crippen LogP contribution in [0.15, 0.2) is 48.5 Å². The molecule has 0 unspecified atom stereocenters. The Morgan fingerprint density at radius 2 is 1.70 bits per heavy atom. The molecule has 4 nitrogen and oxygen atoms in total. The molecule has 0 fully saturated rings. The lowest BCUT2D eigenvalue weighted by Crippen LogP contribution is -2.08. The van der Waals surface area contributed by atoms with Gasteiger partial charge in [0.05, 0.1) is 20.3 Å². The highest BCUT2D eigenvalue weighted by molar-refractivity contribution is 5.50. The second-order valence-electron chi connectivity index (χ2n) is 4.19. The molecule has 2 aromatic carbocycles. The Balaban J connectivity index is 2.26. The van der Waals surface area contributed by atoms with E-state index < -0.39 is 6.04 Å². The molecule has 20 heavy (non-hydrogen) atoms. The first-order valence-corrected chi connectivity index (χ1v) is 6.21. The average molecular weight is 268 g/mol. The van der Waals surface area contributed by atoms with E-state index in [0.29, 0.717) is 11.5 Å². The summed E-state index contributed by atoms with van der Waals surface area (Å²) in [5, 5.41) is 12.5. The highest BCUT2D eigenvalue weighted by Gasteiger charge is 2.13. The number of benzene rings is 2. The Morgan fingerprint density at radius 1 is 1.00 bits per heavy atom. The van der Waals surface area contributed by atoms with Gasteiger partial charge in [-0.05, 0) is 29.8 Å². The Morgan fingerprint density at radius 3 is 2.30 bits per heavy atom. The Kier molecular flexibility index (Phi) is 4.46. The van der Waals surface area contributed by atoms with Crippen molar-refractivity contribution >= 4 is 5.69 Å². The van der Waals surface area contributed by atoms with Gasteiger partial charge in [-0.2, -0.15) is 5.26 Å². The lowest BCUT2D eigenvalue weighted by molar-refractivity contribution is 0.354. The molecule has 4 heteroatoms. The van der Waals surface area contributed by atoms with Crippen molar-refractivity contribution in [3.8, 4) is 17.6 Å². The Bertz CT molecular complexity index is 606. The quantitative estimate of drug-likeness (QED) is 0.903. The summed E-state index contributed by atoms with van der Waals surface area (Å²) in [7, 11) is 3.16. The number of hydrogen-bond acceptors (Lipinski definition) is 4. The van der Waals surface area contributed by atoms with E-state index in [1.807, 2.05) is 42.5 Å². The van der Waals surface area contributed by atoms with E-state index in [0.717, 1.165) is 11.3 Å². The van der Waals surface area contributed by atoms with Crippen LogP contribution in [0.5, 0.6) is 11.5 Å². The summed E-state index contributed by atoms with van der Waals surface area (Å²) in [6, 6.07) is 16.9. The van der Waals surface area contributed by atoms with E-state index in [4.69, 9.17) is 9.47 Å². The molecule has 0 aliphatic carbocycles. The van der Waals surface area contributed by atoms with Gasteiger partial charge in [-0.3, -0.25) is 0 Å². The van der Waals surface area contributed by atoms with E-state index in [1.165, 1.54) is 0 Å². The monoisotopic (exact) mass is 268 g/mol. The summed E-state index contributed by atoms with van der Waals surface area (Å²) < 4.78 is 10.5. The fraction of sp³-hybridized carbons (Fsp3) is 0.188. The number of nitriles is 1. The third-order valence-electron chi connectivity index (χ3n) is 2.95. The summed E-state index contributed by atoms with van der Waals surface area (Å²) in [4.78, 5) is 0. The maximum atomic E-state index is 9.35. The molecule has 0 radical (unpaired) electrons. The highest BCUT2D eigenvalue weighted by Crippen LogP contribution is 2.30. The molecule has 0 amide bonds. The number of anilines is 1. The van der Waals surface area contributed by atoms with Crippen molar-refractivity contribution in [2.75, 3.05) is 19.5 Å². The molecule has 102 valence electrons. The molecule has 0 aliphatic rings. The van der Waals surface area contributed by atoms with Crippen molar-refractivity contribution in [3.63, 3.8) is 0 Å². The normalized spacial score (nSPS) is 11.2. The molecule has 1 atom stereocenters. The fourth-order valence-corrected chi connectivity index (χ4v) is 1.92. The Labute approximate surface area is 118 Å². The van der Waals surface area contributed by atoms with Crippen molar-refractivity contribution in [2.24, 2.45) is 0 Å². The molecular weight excluding hydrogens is 252 g/mol. The maximum Gasteiger partial charge on any atom is 0.161 e. The maximum absolute atomic E-state index is 9.35. The van der Waals surface area contributed by atoms with Gasteiger partial charge in [-0.1, -0.05) is 24.3 Å². The summed E-state index contributed by atoms with van der Waals surface area (Å²) in [5.74, 6) is 1.26. The van der Waals surface area contributed by atoms with E-state index in [-0.39, 0.29) is 0 Å². The number of nitrogens with zero attached hydrogens (tertiary/aromatic N) is 1. The number of hydrogen-bond donors (Lipinski definition) is 1. The second kappa shape index (κ2) is 6.48. The molecule has 0 aliphatic heterocycles. The van der Waals surface area contributed by atoms with Gasteiger partial charge in [0.25, 0.3) is 0 Å². The van der Waals surface area contributed by atoms with Crippen molar-refractivity contribution in [1.29, 1.82) is 5.26 Å². The van der Waals surface area contributed by atoms with E-state index in [2.05, 4.69) is 11.4 Å². The topological polar surface area (TPSA) is 54.3 Å². The predicted molar refractivity (Wildman–Crippen MR) is 78.0 cm³/mol. The van der Waals surface area contributed by atoms with Crippen LogP contribution in [0.3, 0.4) is 0 Å². The number of rotatable bonds is 5. The van der Waals surface area contributed by atoms with Gasteiger partial charge in [-0.25, -0.2) is 0 Å².